The zero-order valence-electron chi connectivity index (χ0n) is 49.3. The Morgan fingerprint density at radius 1 is 0.356 bits per heavy atom. The lowest BCUT2D eigenvalue weighted by Crippen LogP contribution is -2.42. The molecule has 17 rings (SSSR count). The van der Waals surface area contributed by atoms with Crippen molar-refractivity contribution in [2.45, 2.75) is 10.3 Å². The second-order valence-electron chi connectivity index (χ2n) is 23.5. The first kappa shape index (κ1) is 53.5. The summed E-state index contributed by atoms with van der Waals surface area (Å²) in [5.74, 6) is 0.943. The molecule has 90 heavy (non-hydrogen) atoms. The monoisotopic (exact) mass is 1180 g/mol. The standard InChI is InChI=1S/C86H58N2S2/c1-57(22-18-31-66-56-89-83-69(32-19-35-72(66)83)61-27-10-4-11-28-61)58-42-48-67(49-43-58)87-79-40-16-14-38-75(79)86(77-54-64(46-52-81(77)87)59-23-6-2-7-24-59)76-39-15-17-41-80(76)88(82-53-47-65(55-78(82)86)60-25-8-3-9-26-60)68-50-44-63(45-51-68)71-34-21-37-74-73-36-20-33-70(84(73)90-85(71)74)62-29-12-5-13-30-62/h2-55H,1,56H2/b22-18-,66-31+. The molecule has 0 aliphatic carbocycles. The lowest BCUT2D eigenvalue weighted by molar-refractivity contribution is 0.719. The Bertz CT molecular complexity index is 5180. The van der Waals surface area contributed by atoms with Gasteiger partial charge >= 0.3 is 0 Å². The van der Waals surface area contributed by atoms with Crippen molar-refractivity contribution in [3.8, 4) is 55.6 Å². The molecule has 0 saturated carbocycles. The highest BCUT2D eigenvalue weighted by Gasteiger charge is 2.52. The number of para-hydroxylation sites is 2. The number of anilines is 6. The molecule has 0 amide bonds. The molecule has 2 nitrogen and oxygen atoms in total. The summed E-state index contributed by atoms with van der Waals surface area (Å²) in [4.78, 5) is 6.36. The maximum absolute atomic E-state index is 4.61. The normalized spacial score (nSPS) is 15.0. The van der Waals surface area contributed by atoms with Crippen LogP contribution in [0.25, 0.3) is 87.0 Å². The molecule has 3 aliphatic heterocycles. The van der Waals surface area contributed by atoms with Crippen molar-refractivity contribution in [2.75, 3.05) is 15.6 Å². The van der Waals surface area contributed by atoms with Crippen LogP contribution in [-0.4, -0.2) is 5.75 Å². The second-order valence-corrected chi connectivity index (χ2v) is 25.5. The topological polar surface area (TPSA) is 6.48 Å². The van der Waals surface area contributed by atoms with Crippen LogP contribution in [0.2, 0.25) is 0 Å². The number of allylic oxidation sites excluding steroid dienone is 4. The fraction of sp³-hybridized carbons (Fsp3) is 0.0233. The van der Waals surface area contributed by atoms with E-state index in [-0.39, 0.29) is 0 Å². The van der Waals surface area contributed by atoms with E-state index in [4.69, 9.17) is 0 Å². The molecule has 4 heterocycles. The largest absolute Gasteiger partial charge is 0.310 e. The number of hydrogen-bond donors (Lipinski definition) is 0. The summed E-state index contributed by atoms with van der Waals surface area (Å²) in [6.07, 6.45) is 6.59. The number of nitrogens with zero attached hydrogens (tertiary/aromatic N) is 2. The van der Waals surface area contributed by atoms with Crippen LogP contribution in [0.4, 0.5) is 34.1 Å². The maximum Gasteiger partial charge on any atom is 0.0783 e. The molecule has 1 aromatic heterocycles. The highest BCUT2D eigenvalue weighted by Crippen LogP contribution is 2.65. The number of fused-ring (bicyclic) bond motifs is 12. The lowest BCUT2D eigenvalue weighted by Gasteiger charge is -2.51. The number of rotatable bonds is 10. The average Bonchev–Trinajstić information content (AvgIpc) is 0.777. The van der Waals surface area contributed by atoms with Gasteiger partial charge in [-0.2, -0.15) is 0 Å². The number of thiophene rings is 1. The van der Waals surface area contributed by atoms with E-state index < -0.39 is 5.41 Å². The quantitative estimate of drug-likeness (QED) is 0.126. The lowest BCUT2D eigenvalue weighted by atomic mass is 9.59. The van der Waals surface area contributed by atoms with Crippen molar-refractivity contribution in [3.05, 3.63) is 368 Å². The van der Waals surface area contributed by atoms with Gasteiger partial charge in [0.2, 0.25) is 0 Å². The van der Waals surface area contributed by atoms with Gasteiger partial charge in [0.15, 0.2) is 0 Å². The highest BCUT2D eigenvalue weighted by molar-refractivity contribution is 8.00. The summed E-state index contributed by atoms with van der Waals surface area (Å²) in [5.41, 5.74) is 27.7. The first-order valence-electron chi connectivity index (χ1n) is 30.8. The maximum atomic E-state index is 4.61. The summed E-state index contributed by atoms with van der Waals surface area (Å²) >= 11 is 3.83. The van der Waals surface area contributed by atoms with Gasteiger partial charge in [0.25, 0.3) is 0 Å². The first-order valence-corrected chi connectivity index (χ1v) is 32.6. The van der Waals surface area contributed by atoms with Crippen molar-refractivity contribution >= 4 is 88.5 Å². The first-order chi connectivity index (χ1) is 44.6. The molecule has 4 heteroatoms. The van der Waals surface area contributed by atoms with Crippen LogP contribution in [0.1, 0.15) is 33.4 Å². The van der Waals surface area contributed by atoms with Crippen molar-refractivity contribution < 1.29 is 0 Å². The van der Waals surface area contributed by atoms with Gasteiger partial charge < -0.3 is 9.80 Å². The minimum atomic E-state index is -0.773. The molecule has 13 aromatic carbocycles. The van der Waals surface area contributed by atoms with E-state index in [9.17, 15) is 0 Å². The van der Waals surface area contributed by atoms with Crippen molar-refractivity contribution in [1.82, 2.24) is 0 Å². The van der Waals surface area contributed by atoms with E-state index >= 15 is 0 Å². The third-order valence-corrected chi connectivity index (χ3v) is 21.0. The Morgan fingerprint density at radius 2 is 0.767 bits per heavy atom. The predicted molar refractivity (Wildman–Crippen MR) is 385 cm³/mol. The van der Waals surface area contributed by atoms with Crippen molar-refractivity contribution in [3.63, 3.8) is 0 Å². The van der Waals surface area contributed by atoms with E-state index in [1.807, 2.05) is 23.1 Å². The minimum Gasteiger partial charge on any atom is -0.310 e. The van der Waals surface area contributed by atoms with E-state index in [1.54, 1.807) is 0 Å². The summed E-state index contributed by atoms with van der Waals surface area (Å²) < 4.78 is 2.62. The van der Waals surface area contributed by atoms with Gasteiger partial charge in [-0.15, -0.1) is 23.1 Å². The zero-order chi connectivity index (χ0) is 59.7. The van der Waals surface area contributed by atoms with Gasteiger partial charge in [-0.25, -0.2) is 0 Å². The number of hydrogen-bond acceptors (Lipinski definition) is 4. The van der Waals surface area contributed by atoms with E-state index in [0.29, 0.717) is 0 Å². The Hall–Kier alpha value is -10.8. The summed E-state index contributed by atoms with van der Waals surface area (Å²) in [6.45, 7) is 4.61. The zero-order valence-corrected chi connectivity index (χ0v) is 50.9. The van der Waals surface area contributed by atoms with Crippen LogP contribution in [0.5, 0.6) is 0 Å². The van der Waals surface area contributed by atoms with Crippen LogP contribution in [0.15, 0.2) is 339 Å². The summed E-state index contributed by atoms with van der Waals surface area (Å²) in [7, 11) is 0. The molecule has 424 valence electrons. The molecule has 3 aliphatic rings. The van der Waals surface area contributed by atoms with E-state index in [1.165, 1.54) is 114 Å². The summed E-state index contributed by atoms with van der Waals surface area (Å²) in [5, 5.41) is 2.59. The molecule has 1 unspecified atom stereocenters. The molecule has 0 N–H and O–H groups in total. The number of benzene rings is 13. The van der Waals surface area contributed by atoms with Gasteiger partial charge in [0, 0.05) is 42.2 Å². The van der Waals surface area contributed by atoms with E-state index in [2.05, 4.69) is 344 Å². The summed E-state index contributed by atoms with van der Waals surface area (Å²) in [6, 6.07) is 115. The number of thioether (sulfide) groups is 1. The van der Waals surface area contributed by atoms with Crippen LogP contribution in [0.3, 0.4) is 0 Å². The fourth-order valence-electron chi connectivity index (χ4n) is 14.4. The van der Waals surface area contributed by atoms with Crippen LogP contribution < -0.4 is 9.80 Å². The van der Waals surface area contributed by atoms with Crippen LogP contribution in [0, 0.1) is 0 Å². The SMILES string of the molecule is C=C(/C=C\C=C1/CSc2c1cccc2-c1ccccc1)c1ccc(N2c3ccccc3C3(c4ccccc4N(c4ccc(-c5cccc6c5sc5c(-c7ccccc7)cccc56)cc4)c4ccc(-c5ccccc5)cc43)c3cc(-c4ccccc4)ccc32)cc1. The molecular weight excluding hydrogens is 1130 g/mol. The third-order valence-electron chi connectivity index (χ3n) is 18.5. The molecular formula is C86H58N2S2. The molecule has 0 radical (unpaired) electrons. The van der Waals surface area contributed by atoms with Crippen molar-refractivity contribution in [1.29, 1.82) is 0 Å². The molecule has 1 spiro atoms. The molecule has 1 atom stereocenters. The predicted octanol–water partition coefficient (Wildman–Crippen LogP) is 24.1. The van der Waals surface area contributed by atoms with Gasteiger partial charge in [0.05, 0.1) is 28.2 Å². The Kier molecular flexibility index (Phi) is 13.2. The van der Waals surface area contributed by atoms with Gasteiger partial charge in [-0.05, 0) is 161 Å². The molecule has 0 fully saturated rings. The van der Waals surface area contributed by atoms with Gasteiger partial charge in [-0.1, -0.05) is 274 Å². The van der Waals surface area contributed by atoms with Gasteiger partial charge in [0.1, 0.15) is 0 Å². The van der Waals surface area contributed by atoms with Crippen LogP contribution >= 0.6 is 23.1 Å². The smallest absolute Gasteiger partial charge is 0.0783 e. The van der Waals surface area contributed by atoms with Crippen LogP contribution in [-0.2, 0) is 5.41 Å². The highest BCUT2D eigenvalue weighted by atomic mass is 32.2. The van der Waals surface area contributed by atoms with Crippen molar-refractivity contribution in [2.24, 2.45) is 0 Å². The second kappa shape index (κ2) is 22.1. The Labute approximate surface area is 534 Å². The average molecular weight is 1180 g/mol. The van der Waals surface area contributed by atoms with Gasteiger partial charge in [-0.3, -0.25) is 0 Å². The fourth-order valence-corrected chi connectivity index (χ4v) is 17.0. The van der Waals surface area contributed by atoms with E-state index in [0.717, 1.165) is 51.0 Å². The third kappa shape index (κ3) is 8.77. The minimum absolute atomic E-state index is 0.773. The molecule has 0 saturated heterocycles. The Morgan fingerprint density at radius 3 is 1.30 bits per heavy atom. The molecule has 0 bridgehead atoms. The Balaban J connectivity index is 0.791. The molecule has 14 aromatic rings.